The molecule has 0 aromatic carbocycles. The van der Waals surface area contributed by atoms with Crippen molar-refractivity contribution in [1.29, 1.82) is 0 Å². The Morgan fingerprint density at radius 3 is 3.06 bits per heavy atom. The van der Waals surface area contributed by atoms with Crippen molar-refractivity contribution >= 4 is 27.3 Å². The molecule has 0 saturated heterocycles. The van der Waals surface area contributed by atoms with Crippen molar-refractivity contribution in [3.05, 3.63) is 32.4 Å². The van der Waals surface area contributed by atoms with Crippen molar-refractivity contribution in [2.75, 3.05) is 6.54 Å². The van der Waals surface area contributed by atoms with E-state index in [9.17, 15) is 0 Å². The Kier molecular flexibility index (Phi) is 4.09. The van der Waals surface area contributed by atoms with Crippen LogP contribution in [0.3, 0.4) is 0 Å². The molecule has 16 heavy (non-hydrogen) atoms. The zero-order chi connectivity index (χ0) is 11.4. The number of hydrogen-bond acceptors (Lipinski definition) is 4. The van der Waals surface area contributed by atoms with E-state index in [1.807, 2.05) is 11.3 Å². The Labute approximate surface area is 107 Å². The van der Waals surface area contributed by atoms with Gasteiger partial charge in [-0.25, -0.2) is 4.98 Å². The standard InChI is InChI=1S/C10H13BrN4S/c1-7-9(11)4-8(16-7)5-12-3-2-10-13-6-14-15-10/h4,6,12H,2-3,5H2,1H3,(H,13,14,15). The smallest absolute Gasteiger partial charge is 0.137 e. The fraction of sp³-hybridized carbons (Fsp3) is 0.400. The van der Waals surface area contributed by atoms with Gasteiger partial charge in [0, 0.05) is 33.7 Å². The molecule has 2 aromatic heterocycles. The molecule has 2 rings (SSSR count). The van der Waals surface area contributed by atoms with Gasteiger partial charge in [-0.2, -0.15) is 5.10 Å². The van der Waals surface area contributed by atoms with E-state index in [4.69, 9.17) is 0 Å². The average molecular weight is 301 g/mol. The summed E-state index contributed by atoms with van der Waals surface area (Å²) in [6.45, 7) is 3.93. The normalized spacial score (nSPS) is 10.9. The van der Waals surface area contributed by atoms with Crippen LogP contribution >= 0.6 is 27.3 Å². The molecule has 2 aromatic rings. The molecule has 4 nitrogen and oxygen atoms in total. The summed E-state index contributed by atoms with van der Waals surface area (Å²) in [7, 11) is 0. The fourth-order valence-corrected chi connectivity index (χ4v) is 2.95. The molecule has 2 N–H and O–H groups in total. The van der Waals surface area contributed by atoms with Crippen LogP contribution in [0.2, 0.25) is 0 Å². The van der Waals surface area contributed by atoms with Crippen LogP contribution in [0.15, 0.2) is 16.9 Å². The third-order valence-corrected chi connectivity index (χ3v) is 4.35. The lowest BCUT2D eigenvalue weighted by Gasteiger charge is -2.00. The van der Waals surface area contributed by atoms with Crippen molar-refractivity contribution in [2.45, 2.75) is 19.9 Å². The van der Waals surface area contributed by atoms with Gasteiger partial charge in [0.05, 0.1) is 0 Å². The molecule has 0 bridgehead atoms. The van der Waals surface area contributed by atoms with Gasteiger partial charge >= 0.3 is 0 Å². The predicted molar refractivity (Wildman–Crippen MR) is 68.5 cm³/mol. The van der Waals surface area contributed by atoms with Crippen LogP contribution in [-0.2, 0) is 13.0 Å². The van der Waals surface area contributed by atoms with Crippen LogP contribution in [0.5, 0.6) is 0 Å². The number of aromatic nitrogens is 3. The lowest BCUT2D eigenvalue weighted by Crippen LogP contribution is -2.16. The van der Waals surface area contributed by atoms with Gasteiger partial charge in [-0.15, -0.1) is 11.3 Å². The second-order valence-corrected chi connectivity index (χ2v) is 5.67. The maximum absolute atomic E-state index is 4.07. The first-order valence-electron chi connectivity index (χ1n) is 5.05. The van der Waals surface area contributed by atoms with E-state index in [0.29, 0.717) is 0 Å². The summed E-state index contributed by atoms with van der Waals surface area (Å²) in [5, 5.41) is 10.0. The van der Waals surface area contributed by atoms with Crippen LogP contribution < -0.4 is 5.32 Å². The largest absolute Gasteiger partial charge is 0.311 e. The van der Waals surface area contributed by atoms with E-state index in [1.54, 1.807) is 0 Å². The third-order valence-electron chi connectivity index (χ3n) is 2.21. The lowest BCUT2D eigenvalue weighted by atomic mass is 10.4. The summed E-state index contributed by atoms with van der Waals surface area (Å²) < 4.78 is 1.20. The molecule has 6 heteroatoms. The highest BCUT2D eigenvalue weighted by Crippen LogP contribution is 2.25. The Hall–Kier alpha value is -0.720. The Balaban J connectivity index is 1.72. The number of aromatic amines is 1. The Bertz CT molecular complexity index is 418. The third kappa shape index (κ3) is 3.13. The predicted octanol–water partition coefficient (Wildman–Crippen LogP) is 2.27. The fourth-order valence-electron chi connectivity index (χ4n) is 1.37. The van der Waals surface area contributed by atoms with E-state index in [0.717, 1.165) is 25.3 Å². The molecule has 0 aliphatic carbocycles. The highest BCUT2D eigenvalue weighted by molar-refractivity contribution is 9.10. The minimum Gasteiger partial charge on any atom is -0.311 e. The van der Waals surface area contributed by atoms with Crippen LogP contribution in [0.1, 0.15) is 15.6 Å². The average Bonchev–Trinajstić information content (AvgIpc) is 2.85. The second-order valence-electron chi connectivity index (χ2n) is 3.48. The van der Waals surface area contributed by atoms with Crippen molar-refractivity contribution in [1.82, 2.24) is 20.5 Å². The molecule has 0 amide bonds. The molecule has 0 saturated carbocycles. The summed E-state index contributed by atoms with van der Waals surface area (Å²) in [5.41, 5.74) is 0. The molecule has 0 radical (unpaired) electrons. The van der Waals surface area contributed by atoms with Crippen molar-refractivity contribution in [3.8, 4) is 0 Å². The number of nitrogens with one attached hydrogen (secondary N) is 2. The van der Waals surface area contributed by atoms with Crippen LogP contribution in [0, 0.1) is 6.92 Å². The van der Waals surface area contributed by atoms with E-state index in [2.05, 4.69) is 49.4 Å². The van der Waals surface area contributed by atoms with Gasteiger partial charge in [0.1, 0.15) is 12.2 Å². The summed E-state index contributed by atoms with van der Waals surface area (Å²) in [6, 6.07) is 2.17. The first-order valence-corrected chi connectivity index (χ1v) is 6.66. The molecule has 0 atom stereocenters. The SMILES string of the molecule is Cc1sc(CNCCc2ncn[nH]2)cc1Br. The Morgan fingerprint density at radius 1 is 1.56 bits per heavy atom. The molecule has 86 valence electrons. The monoisotopic (exact) mass is 300 g/mol. The summed E-state index contributed by atoms with van der Waals surface area (Å²) in [6.07, 6.45) is 2.42. The minimum atomic E-state index is 0.880. The van der Waals surface area contributed by atoms with Gasteiger partial charge in [0.25, 0.3) is 0 Å². The topological polar surface area (TPSA) is 53.6 Å². The Morgan fingerprint density at radius 2 is 2.44 bits per heavy atom. The molecule has 0 unspecified atom stereocenters. The summed E-state index contributed by atoms with van der Waals surface area (Å²) in [4.78, 5) is 6.74. The van der Waals surface area contributed by atoms with Gasteiger partial charge in [0.2, 0.25) is 0 Å². The summed E-state index contributed by atoms with van der Waals surface area (Å²) >= 11 is 5.33. The van der Waals surface area contributed by atoms with Gasteiger partial charge in [-0.05, 0) is 28.9 Å². The van der Waals surface area contributed by atoms with Crippen LogP contribution in [-0.4, -0.2) is 21.7 Å². The van der Waals surface area contributed by atoms with E-state index in [1.165, 1.54) is 20.6 Å². The maximum atomic E-state index is 4.07. The number of H-pyrrole nitrogens is 1. The first kappa shape index (κ1) is 11.8. The molecule has 0 aliphatic rings. The number of nitrogens with zero attached hydrogens (tertiary/aromatic N) is 2. The molecular weight excluding hydrogens is 288 g/mol. The second kappa shape index (κ2) is 5.56. The molecular formula is C10H13BrN4S. The molecule has 0 aliphatic heterocycles. The van der Waals surface area contributed by atoms with Crippen molar-refractivity contribution < 1.29 is 0 Å². The number of aryl methyl sites for hydroxylation is 1. The van der Waals surface area contributed by atoms with Gasteiger partial charge in [0.15, 0.2) is 0 Å². The van der Waals surface area contributed by atoms with Gasteiger partial charge < -0.3 is 5.32 Å². The number of thiophene rings is 1. The van der Waals surface area contributed by atoms with Crippen LogP contribution in [0.4, 0.5) is 0 Å². The quantitative estimate of drug-likeness (QED) is 0.833. The molecule has 0 fully saturated rings. The van der Waals surface area contributed by atoms with Gasteiger partial charge in [-0.3, -0.25) is 5.10 Å². The zero-order valence-electron chi connectivity index (χ0n) is 8.96. The van der Waals surface area contributed by atoms with Gasteiger partial charge in [-0.1, -0.05) is 0 Å². The van der Waals surface area contributed by atoms with E-state index < -0.39 is 0 Å². The number of hydrogen-bond donors (Lipinski definition) is 2. The minimum absolute atomic E-state index is 0.880. The molecule has 2 heterocycles. The lowest BCUT2D eigenvalue weighted by molar-refractivity contribution is 0.677. The first-order chi connectivity index (χ1) is 7.75. The maximum Gasteiger partial charge on any atom is 0.137 e. The highest BCUT2D eigenvalue weighted by atomic mass is 79.9. The van der Waals surface area contributed by atoms with Crippen molar-refractivity contribution in [2.24, 2.45) is 0 Å². The number of rotatable bonds is 5. The van der Waals surface area contributed by atoms with Crippen LogP contribution in [0.25, 0.3) is 0 Å². The summed E-state index contributed by atoms with van der Waals surface area (Å²) in [5.74, 6) is 0.927. The highest BCUT2D eigenvalue weighted by Gasteiger charge is 2.02. The van der Waals surface area contributed by atoms with Crippen molar-refractivity contribution in [3.63, 3.8) is 0 Å². The van der Waals surface area contributed by atoms with E-state index >= 15 is 0 Å². The number of halogens is 1. The van der Waals surface area contributed by atoms with E-state index in [-0.39, 0.29) is 0 Å². The molecule has 0 spiro atoms. The zero-order valence-corrected chi connectivity index (χ0v) is 11.4.